The Morgan fingerprint density at radius 1 is 1.48 bits per heavy atom. The van der Waals surface area contributed by atoms with Crippen LogP contribution < -0.4 is 5.32 Å². The molecule has 0 atom stereocenters. The topological polar surface area (TPSA) is 94.5 Å². The molecule has 2 aromatic rings. The molecule has 3 rings (SSSR count). The highest BCUT2D eigenvalue weighted by Gasteiger charge is 2.24. The second-order valence-corrected chi connectivity index (χ2v) is 6.43. The minimum absolute atomic E-state index is 0.108. The number of nitrogens with one attached hydrogen (secondary N) is 2. The van der Waals surface area contributed by atoms with Crippen molar-refractivity contribution in [2.24, 2.45) is 0 Å². The van der Waals surface area contributed by atoms with E-state index in [0.717, 1.165) is 24.8 Å². The van der Waals surface area contributed by atoms with Crippen molar-refractivity contribution in [2.45, 2.75) is 39.0 Å². The summed E-state index contributed by atoms with van der Waals surface area (Å²) in [6.45, 7) is 3.94. The van der Waals surface area contributed by atoms with Crippen LogP contribution in [-0.2, 0) is 12.8 Å². The molecule has 0 radical (unpaired) electrons. The Labute approximate surface area is 126 Å². The maximum absolute atomic E-state index is 12.2. The standard InChI is InChI=1S/C14H15N5OS/c1-7(2)11-16-12(19-18-11)13(20)17-14-9(6-15)8-4-3-5-10(8)21-14/h7H,3-5H2,1-2H3,(H,17,20)(H,16,18,19). The SMILES string of the molecule is CC(C)c1nc(C(=O)Nc2sc3c(c2C#N)CCC3)n[nH]1. The van der Waals surface area contributed by atoms with Crippen molar-refractivity contribution in [1.29, 1.82) is 5.26 Å². The number of nitriles is 1. The molecular formula is C14H15N5OS. The fraction of sp³-hybridized carbons (Fsp3) is 0.429. The Hall–Kier alpha value is -2.20. The third kappa shape index (κ3) is 2.43. The summed E-state index contributed by atoms with van der Waals surface area (Å²) in [4.78, 5) is 17.6. The van der Waals surface area contributed by atoms with E-state index in [4.69, 9.17) is 0 Å². The summed E-state index contributed by atoms with van der Waals surface area (Å²) in [6, 6.07) is 2.20. The molecule has 0 saturated carbocycles. The van der Waals surface area contributed by atoms with Crippen molar-refractivity contribution in [2.75, 3.05) is 5.32 Å². The van der Waals surface area contributed by atoms with Gasteiger partial charge in [0.05, 0.1) is 5.56 Å². The number of nitrogens with zero attached hydrogens (tertiary/aromatic N) is 3. The van der Waals surface area contributed by atoms with E-state index in [2.05, 4.69) is 26.6 Å². The summed E-state index contributed by atoms with van der Waals surface area (Å²) in [5, 5.41) is 19.4. The predicted octanol–water partition coefficient (Wildman–Crippen LogP) is 2.60. The first-order chi connectivity index (χ1) is 10.1. The molecule has 0 spiro atoms. The van der Waals surface area contributed by atoms with Crippen LogP contribution in [0, 0.1) is 11.3 Å². The van der Waals surface area contributed by atoms with Gasteiger partial charge in [0, 0.05) is 10.8 Å². The Balaban J connectivity index is 1.83. The van der Waals surface area contributed by atoms with E-state index in [1.54, 1.807) is 0 Å². The number of fused-ring (bicyclic) bond motifs is 1. The number of amides is 1. The lowest BCUT2D eigenvalue weighted by Gasteiger charge is -2.00. The summed E-state index contributed by atoms with van der Waals surface area (Å²) in [5.74, 6) is 0.583. The van der Waals surface area contributed by atoms with Gasteiger partial charge in [-0.05, 0) is 24.8 Å². The molecule has 1 aliphatic rings. The van der Waals surface area contributed by atoms with Crippen molar-refractivity contribution < 1.29 is 4.79 Å². The first-order valence-electron chi connectivity index (χ1n) is 6.88. The largest absolute Gasteiger partial charge is 0.310 e. The van der Waals surface area contributed by atoms with Crippen LogP contribution in [0.25, 0.3) is 0 Å². The van der Waals surface area contributed by atoms with Crippen molar-refractivity contribution in [3.05, 3.63) is 27.7 Å². The molecule has 1 aliphatic carbocycles. The van der Waals surface area contributed by atoms with Gasteiger partial charge in [-0.3, -0.25) is 9.89 Å². The Morgan fingerprint density at radius 2 is 2.29 bits per heavy atom. The molecule has 2 heterocycles. The van der Waals surface area contributed by atoms with Crippen molar-refractivity contribution in [3.8, 4) is 6.07 Å². The highest BCUT2D eigenvalue weighted by molar-refractivity contribution is 7.16. The van der Waals surface area contributed by atoms with Crippen LogP contribution >= 0.6 is 11.3 Å². The molecule has 0 bridgehead atoms. The average molecular weight is 301 g/mol. The Morgan fingerprint density at radius 3 is 2.95 bits per heavy atom. The summed E-state index contributed by atoms with van der Waals surface area (Å²) < 4.78 is 0. The van der Waals surface area contributed by atoms with Crippen LogP contribution in [0.2, 0.25) is 0 Å². The van der Waals surface area contributed by atoms with Gasteiger partial charge < -0.3 is 5.32 Å². The van der Waals surface area contributed by atoms with E-state index in [9.17, 15) is 10.1 Å². The van der Waals surface area contributed by atoms with Crippen LogP contribution in [0.5, 0.6) is 0 Å². The molecule has 1 amide bonds. The lowest BCUT2D eigenvalue weighted by atomic mass is 10.1. The van der Waals surface area contributed by atoms with Crippen LogP contribution in [0.4, 0.5) is 5.00 Å². The minimum atomic E-state index is -0.380. The molecule has 0 unspecified atom stereocenters. The van der Waals surface area contributed by atoms with Gasteiger partial charge in [0.2, 0.25) is 5.82 Å². The molecule has 2 N–H and O–H groups in total. The second kappa shape index (κ2) is 5.30. The number of rotatable bonds is 3. The number of carbonyl (C=O) groups is 1. The van der Waals surface area contributed by atoms with E-state index in [1.807, 2.05) is 13.8 Å². The van der Waals surface area contributed by atoms with Gasteiger partial charge in [-0.25, -0.2) is 4.98 Å². The number of thiophene rings is 1. The lowest BCUT2D eigenvalue weighted by Crippen LogP contribution is -2.14. The summed E-state index contributed by atoms with van der Waals surface area (Å²) in [7, 11) is 0. The molecule has 21 heavy (non-hydrogen) atoms. The summed E-state index contributed by atoms with van der Waals surface area (Å²) >= 11 is 1.49. The van der Waals surface area contributed by atoms with Crippen LogP contribution in [0.3, 0.4) is 0 Å². The monoisotopic (exact) mass is 301 g/mol. The zero-order chi connectivity index (χ0) is 15.0. The third-order valence-corrected chi connectivity index (χ3v) is 4.72. The average Bonchev–Trinajstić information content (AvgIpc) is 3.13. The first kappa shape index (κ1) is 13.8. The molecule has 0 fully saturated rings. The zero-order valence-corrected chi connectivity index (χ0v) is 12.7. The Bertz CT molecular complexity index is 737. The van der Waals surface area contributed by atoms with Crippen molar-refractivity contribution in [3.63, 3.8) is 0 Å². The molecule has 0 saturated heterocycles. The predicted molar refractivity (Wildman–Crippen MR) is 79.5 cm³/mol. The number of carbonyl (C=O) groups excluding carboxylic acids is 1. The highest BCUT2D eigenvalue weighted by Crippen LogP contribution is 2.38. The number of hydrogen-bond acceptors (Lipinski definition) is 5. The Kier molecular flexibility index (Phi) is 3.47. The van der Waals surface area contributed by atoms with Gasteiger partial charge in [-0.15, -0.1) is 16.4 Å². The number of H-pyrrole nitrogens is 1. The first-order valence-corrected chi connectivity index (χ1v) is 7.70. The summed E-state index contributed by atoms with van der Waals surface area (Å²) in [5.41, 5.74) is 1.69. The summed E-state index contributed by atoms with van der Waals surface area (Å²) in [6.07, 6.45) is 2.99. The van der Waals surface area contributed by atoms with Crippen LogP contribution in [-0.4, -0.2) is 21.1 Å². The van der Waals surface area contributed by atoms with Gasteiger partial charge in [-0.2, -0.15) is 5.26 Å². The van der Waals surface area contributed by atoms with E-state index in [-0.39, 0.29) is 17.6 Å². The van der Waals surface area contributed by atoms with E-state index in [0.29, 0.717) is 16.4 Å². The van der Waals surface area contributed by atoms with E-state index in [1.165, 1.54) is 16.2 Å². The van der Waals surface area contributed by atoms with Gasteiger partial charge in [-0.1, -0.05) is 13.8 Å². The van der Waals surface area contributed by atoms with Gasteiger partial charge in [0.1, 0.15) is 16.9 Å². The fourth-order valence-corrected chi connectivity index (χ4v) is 3.64. The number of anilines is 1. The fourth-order valence-electron chi connectivity index (χ4n) is 2.40. The molecule has 0 aromatic carbocycles. The van der Waals surface area contributed by atoms with Gasteiger partial charge in [0.25, 0.3) is 5.91 Å². The third-order valence-electron chi connectivity index (χ3n) is 3.51. The van der Waals surface area contributed by atoms with E-state index >= 15 is 0 Å². The number of hydrogen-bond donors (Lipinski definition) is 2. The van der Waals surface area contributed by atoms with Crippen LogP contribution in [0.15, 0.2) is 0 Å². The molecule has 2 aromatic heterocycles. The molecular weight excluding hydrogens is 286 g/mol. The normalized spacial score (nSPS) is 13.2. The van der Waals surface area contributed by atoms with E-state index < -0.39 is 0 Å². The van der Waals surface area contributed by atoms with Gasteiger partial charge >= 0.3 is 0 Å². The number of aryl methyl sites for hydroxylation is 1. The van der Waals surface area contributed by atoms with Gasteiger partial charge in [0.15, 0.2) is 0 Å². The lowest BCUT2D eigenvalue weighted by molar-refractivity contribution is 0.101. The highest BCUT2D eigenvalue weighted by atomic mass is 32.1. The number of aromatic amines is 1. The van der Waals surface area contributed by atoms with Crippen molar-refractivity contribution in [1.82, 2.24) is 15.2 Å². The quantitative estimate of drug-likeness (QED) is 0.911. The zero-order valence-electron chi connectivity index (χ0n) is 11.9. The maximum atomic E-state index is 12.2. The minimum Gasteiger partial charge on any atom is -0.310 e. The second-order valence-electron chi connectivity index (χ2n) is 5.33. The maximum Gasteiger partial charge on any atom is 0.295 e. The molecule has 0 aliphatic heterocycles. The van der Waals surface area contributed by atoms with Crippen LogP contribution in [0.1, 0.15) is 58.6 Å². The molecule has 6 nitrogen and oxygen atoms in total. The smallest absolute Gasteiger partial charge is 0.295 e. The molecule has 108 valence electrons. The number of aromatic nitrogens is 3. The van der Waals surface area contributed by atoms with Crippen molar-refractivity contribution >= 4 is 22.2 Å². The molecule has 7 heteroatoms.